The molecule has 0 aliphatic heterocycles. The van der Waals surface area contributed by atoms with Crippen molar-refractivity contribution >= 4 is 0 Å². The number of hydrogen-bond acceptors (Lipinski definition) is 0. The van der Waals surface area contributed by atoms with E-state index >= 15 is 0 Å². The third kappa shape index (κ3) is 9.41. The summed E-state index contributed by atoms with van der Waals surface area (Å²) in [6.07, 6.45) is 7.37. The van der Waals surface area contributed by atoms with Crippen molar-refractivity contribution < 1.29 is 32.7 Å². The van der Waals surface area contributed by atoms with Gasteiger partial charge in [-0.25, -0.2) is 0 Å². The monoisotopic (exact) mass is 262 g/mol. The molecule has 0 nitrogen and oxygen atoms in total. The first kappa shape index (κ1) is 23.7. The van der Waals surface area contributed by atoms with Crippen molar-refractivity contribution in [2.24, 2.45) is 11.8 Å². The van der Waals surface area contributed by atoms with Crippen LogP contribution >= 0.6 is 0 Å². The molecular formula is C12H29Y-. The molecule has 0 aromatic heterocycles. The van der Waals surface area contributed by atoms with Crippen LogP contribution in [0.4, 0.5) is 0 Å². The summed E-state index contributed by atoms with van der Waals surface area (Å²) in [4.78, 5) is 0. The van der Waals surface area contributed by atoms with Gasteiger partial charge in [-0.2, -0.15) is 0 Å². The van der Waals surface area contributed by atoms with Crippen LogP contribution in [0.15, 0.2) is 0 Å². The molecule has 0 heterocycles. The molecule has 0 saturated heterocycles. The smallest absolute Gasteiger partial charge is 0 e. The minimum atomic E-state index is 0. The Morgan fingerprint density at radius 2 is 1.38 bits per heavy atom. The van der Waals surface area contributed by atoms with Crippen LogP contribution in [0.2, 0.25) is 0 Å². The van der Waals surface area contributed by atoms with Gasteiger partial charge in [-0.05, 0) is 11.8 Å². The SMILES string of the molecule is C.C.CCC1CCC(C)CC1.[CH3-].[Y]. The molecule has 0 unspecified atom stereocenters. The molecule has 1 aliphatic rings. The fourth-order valence-electron chi connectivity index (χ4n) is 1.74. The summed E-state index contributed by atoms with van der Waals surface area (Å²) < 4.78 is 0. The first-order chi connectivity index (χ1) is 4.33. The molecule has 0 bridgehead atoms. The molecular weight excluding hydrogens is 233 g/mol. The Labute approximate surface area is 112 Å². The Balaban J connectivity index is -0.000000101. The molecule has 1 rings (SSSR count). The van der Waals surface area contributed by atoms with E-state index in [1.807, 2.05) is 0 Å². The van der Waals surface area contributed by atoms with Gasteiger partial charge in [0.25, 0.3) is 0 Å². The predicted octanol–water partition coefficient (Wildman–Crippen LogP) is 4.94. The van der Waals surface area contributed by atoms with E-state index in [2.05, 4.69) is 13.8 Å². The summed E-state index contributed by atoms with van der Waals surface area (Å²) in [6.45, 7) is 4.70. The third-order valence-corrected chi connectivity index (χ3v) is 2.71. The largest absolute Gasteiger partial charge is 0.358 e. The first-order valence-corrected chi connectivity index (χ1v) is 4.33. The van der Waals surface area contributed by atoms with Crippen LogP contribution in [0.5, 0.6) is 0 Å². The molecule has 13 heavy (non-hydrogen) atoms. The van der Waals surface area contributed by atoms with Crippen LogP contribution < -0.4 is 0 Å². The number of hydrogen-bond donors (Lipinski definition) is 0. The second-order valence-electron chi connectivity index (χ2n) is 3.53. The maximum atomic E-state index is 2.38. The van der Waals surface area contributed by atoms with Gasteiger partial charge in [-0.15, -0.1) is 0 Å². The van der Waals surface area contributed by atoms with Gasteiger partial charge < -0.3 is 7.43 Å². The maximum Gasteiger partial charge on any atom is 0 e. The summed E-state index contributed by atoms with van der Waals surface area (Å²) in [6, 6.07) is 0. The van der Waals surface area contributed by atoms with Crippen LogP contribution in [-0.4, -0.2) is 0 Å². The van der Waals surface area contributed by atoms with E-state index in [-0.39, 0.29) is 55.0 Å². The summed E-state index contributed by atoms with van der Waals surface area (Å²) in [5, 5.41) is 0. The van der Waals surface area contributed by atoms with E-state index < -0.39 is 0 Å². The fraction of sp³-hybridized carbons (Fsp3) is 0.917. The summed E-state index contributed by atoms with van der Waals surface area (Å²) in [5.74, 6) is 2.09. The van der Waals surface area contributed by atoms with Crippen LogP contribution in [-0.2, 0) is 32.7 Å². The maximum absolute atomic E-state index is 2.38. The Hall–Kier alpha value is 1.10. The molecule has 1 aliphatic carbocycles. The van der Waals surface area contributed by atoms with E-state index in [0.29, 0.717) is 0 Å². The normalized spacial score (nSPS) is 25.4. The van der Waals surface area contributed by atoms with Crippen molar-refractivity contribution in [2.45, 2.75) is 60.8 Å². The molecule has 1 radical (unpaired) electrons. The van der Waals surface area contributed by atoms with Gasteiger partial charge in [0.1, 0.15) is 0 Å². The van der Waals surface area contributed by atoms with Gasteiger partial charge in [-0.3, -0.25) is 0 Å². The molecule has 0 atom stereocenters. The molecule has 81 valence electrons. The molecule has 0 N–H and O–H groups in total. The minimum Gasteiger partial charge on any atom is -0.358 e. The summed E-state index contributed by atoms with van der Waals surface area (Å²) in [7, 11) is 0. The van der Waals surface area contributed by atoms with Crippen molar-refractivity contribution in [3.63, 3.8) is 0 Å². The standard InChI is InChI=1S/C9H18.2CH4.CH3.Y/c1-3-9-6-4-8(2)5-7-9;;;;/h8-9H,3-7H2,1-2H3;2*1H4;1H3;/q;;;-1;. The molecule has 1 saturated carbocycles. The second kappa shape index (κ2) is 13.1. The van der Waals surface area contributed by atoms with Crippen molar-refractivity contribution in [1.29, 1.82) is 0 Å². The van der Waals surface area contributed by atoms with Crippen molar-refractivity contribution in [3.8, 4) is 0 Å². The van der Waals surface area contributed by atoms with E-state index in [4.69, 9.17) is 0 Å². The van der Waals surface area contributed by atoms with Gasteiger partial charge >= 0.3 is 0 Å². The fourth-order valence-corrected chi connectivity index (χ4v) is 1.74. The van der Waals surface area contributed by atoms with Crippen LogP contribution in [0.3, 0.4) is 0 Å². The van der Waals surface area contributed by atoms with Gasteiger partial charge in [-0.1, -0.05) is 60.8 Å². The Morgan fingerprint density at radius 1 is 1.00 bits per heavy atom. The van der Waals surface area contributed by atoms with Gasteiger partial charge in [0, 0.05) is 32.7 Å². The van der Waals surface area contributed by atoms with E-state index in [0.717, 1.165) is 11.8 Å². The van der Waals surface area contributed by atoms with Crippen LogP contribution in [0.1, 0.15) is 60.8 Å². The van der Waals surface area contributed by atoms with Crippen LogP contribution in [0.25, 0.3) is 0 Å². The topological polar surface area (TPSA) is 0 Å². The first-order valence-electron chi connectivity index (χ1n) is 4.33. The molecule has 1 heteroatoms. The van der Waals surface area contributed by atoms with Crippen molar-refractivity contribution in [2.75, 3.05) is 0 Å². The Bertz CT molecular complexity index is 73.2. The molecule has 0 aromatic carbocycles. The third-order valence-electron chi connectivity index (χ3n) is 2.71. The van der Waals surface area contributed by atoms with Crippen LogP contribution in [0, 0.1) is 19.3 Å². The zero-order chi connectivity index (χ0) is 6.69. The second-order valence-corrected chi connectivity index (χ2v) is 3.53. The van der Waals surface area contributed by atoms with Gasteiger partial charge in [0.05, 0.1) is 0 Å². The zero-order valence-corrected chi connectivity index (χ0v) is 11.1. The van der Waals surface area contributed by atoms with E-state index in [1.54, 1.807) is 0 Å². The van der Waals surface area contributed by atoms with Crippen molar-refractivity contribution in [3.05, 3.63) is 7.43 Å². The molecule has 0 amide bonds. The zero-order valence-electron chi connectivity index (χ0n) is 8.27. The summed E-state index contributed by atoms with van der Waals surface area (Å²) >= 11 is 0. The average Bonchev–Trinajstić information content (AvgIpc) is 1.90. The van der Waals surface area contributed by atoms with Gasteiger partial charge in [0.15, 0.2) is 0 Å². The quantitative estimate of drug-likeness (QED) is 0.587. The average molecular weight is 262 g/mol. The Morgan fingerprint density at radius 3 is 1.69 bits per heavy atom. The minimum absolute atomic E-state index is 0. The predicted molar refractivity (Wildman–Crippen MR) is 61.3 cm³/mol. The summed E-state index contributed by atoms with van der Waals surface area (Å²) in [5.41, 5.74) is 0. The van der Waals surface area contributed by atoms with Crippen molar-refractivity contribution in [1.82, 2.24) is 0 Å². The van der Waals surface area contributed by atoms with E-state index in [1.165, 1.54) is 32.1 Å². The number of rotatable bonds is 1. The van der Waals surface area contributed by atoms with Gasteiger partial charge in [0.2, 0.25) is 0 Å². The Kier molecular flexibility index (Phi) is 23.9. The molecule has 0 aromatic rings. The van der Waals surface area contributed by atoms with E-state index in [9.17, 15) is 0 Å². The molecule has 0 spiro atoms. The molecule has 1 fully saturated rings.